The second-order valence-electron chi connectivity index (χ2n) is 3.69. The fourth-order valence-electron chi connectivity index (χ4n) is 1.29. The van der Waals surface area contributed by atoms with Crippen LogP contribution in [0.3, 0.4) is 0 Å². The van der Waals surface area contributed by atoms with Crippen LogP contribution in [0.1, 0.15) is 30.9 Å². The van der Waals surface area contributed by atoms with E-state index in [2.05, 4.69) is 0 Å². The van der Waals surface area contributed by atoms with Gasteiger partial charge in [-0.2, -0.15) is 13.2 Å². The van der Waals surface area contributed by atoms with Gasteiger partial charge in [-0.25, -0.2) is 0 Å². The molecule has 0 amide bonds. The molecule has 0 N–H and O–H groups in total. The highest BCUT2D eigenvalue weighted by molar-refractivity contribution is 5.26. The molecule has 78 valence electrons. The van der Waals surface area contributed by atoms with E-state index in [0.29, 0.717) is 5.56 Å². The number of benzene rings is 1. The monoisotopic (exact) mass is 202 g/mol. The Hall–Kier alpha value is -0.990. The van der Waals surface area contributed by atoms with Crippen LogP contribution in [0, 0.1) is 0 Å². The van der Waals surface area contributed by atoms with Crippen molar-refractivity contribution in [2.24, 2.45) is 0 Å². The quantitative estimate of drug-likeness (QED) is 0.682. The normalized spacial score (nSPS) is 12.1. The van der Waals surface area contributed by atoms with E-state index in [9.17, 15) is 13.2 Å². The van der Waals surface area contributed by atoms with Crippen LogP contribution < -0.4 is 0 Å². The molecule has 0 fully saturated rings. The minimum Gasteiger partial charge on any atom is -0.171 e. The predicted octanol–water partition coefficient (Wildman–Crippen LogP) is 3.91. The maximum Gasteiger partial charge on any atom is 0.393 e. The molecule has 0 nitrogen and oxygen atoms in total. The molecule has 1 aromatic carbocycles. The number of alkyl halides is 3. The van der Waals surface area contributed by atoms with Crippen molar-refractivity contribution < 1.29 is 13.2 Å². The molecule has 0 heterocycles. The van der Waals surface area contributed by atoms with Crippen molar-refractivity contribution in [2.75, 3.05) is 0 Å². The molecule has 0 saturated heterocycles. The van der Waals surface area contributed by atoms with E-state index >= 15 is 0 Å². The van der Waals surface area contributed by atoms with Crippen molar-refractivity contribution in [2.45, 2.75) is 32.4 Å². The molecule has 3 heteroatoms. The zero-order chi connectivity index (χ0) is 10.8. The molecule has 1 aromatic rings. The molecule has 0 bridgehead atoms. The van der Waals surface area contributed by atoms with E-state index in [1.807, 2.05) is 19.9 Å². The van der Waals surface area contributed by atoms with Crippen LogP contribution in [-0.2, 0) is 6.42 Å². The number of hydrogen-bond acceptors (Lipinski definition) is 0. The lowest BCUT2D eigenvalue weighted by atomic mass is 10.00. The highest BCUT2D eigenvalue weighted by Gasteiger charge is 2.27. The van der Waals surface area contributed by atoms with Crippen molar-refractivity contribution in [1.29, 1.82) is 0 Å². The summed E-state index contributed by atoms with van der Waals surface area (Å²) in [5, 5.41) is 0. The van der Waals surface area contributed by atoms with Crippen LogP contribution in [0.5, 0.6) is 0 Å². The van der Waals surface area contributed by atoms with E-state index in [0.717, 1.165) is 5.56 Å². The van der Waals surface area contributed by atoms with Crippen LogP contribution >= 0.6 is 0 Å². The minimum absolute atomic E-state index is 0.267. The smallest absolute Gasteiger partial charge is 0.171 e. The maximum absolute atomic E-state index is 12.1. The lowest BCUT2D eigenvalue weighted by Crippen LogP contribution is -2.11. The topological polar surface area (TPSA) is 0 Å². The van der Waals surface area contributed by atoms with E-state index < -0.39 is 12.6 Å². The van der Waals surface area contributed by atoms with Gasteiger partial charge in [0, 0.05) is 0 Å². The number of halogens is 3. The first kappa shape index (κ1) is 11.1. The minimum atomic E-state index is -4.12. The lowest BCUT2D eigenvalue weighted by molar-refractivity contribution is -0.127. The molecule has 0 aliphatic rings. The number of rotatable bonds is 2. The Balaban J connectivity index is 2.84. The summed E-state index contributed by atoms with van der Waals surface area (Å²) in [5.74, 6) is 0.267. The Labute approximate surface area is 81.8 Å². The Morgan fingerprint density at radius 3 is 2.36 bits per heavy atom. The Kier molecular flexibility index (Phi) is 3.19. The molecular weight excluding hydrogens is 189 g/mol. The fourth-order valence-corrected chi connectivity index (χ4v) is 1.29. The van der Waals surface area contributed by atoms with Crippen molar-refractivity contribution in [3.05, 3.63) is 35.4 Å². The first-order valence-electron chi connectivity index (χ1n) is 4.54. The third-order valence-electron chi connectivity index (χ3n) is 2.02. The Morgan fingerprint density at radius 2 is 1.86 bits per heavy atom. The molecule has 0 aromatic heterocycles. The average Bonchev–Trinajstić information content (AvgIpc) is 2.01. The highest BCUT2D eigenvalue weighted by Crippen LogP contribution is 2.23. The van der Waals surface area contributed by atoms with Crippen LogP contribution in [-0.4, -0.2) is 6.18 Å². The summed E-state index contributed by atoms with van der Waals surface area (Å²) >= 11 is 0. The third kappa shape index (κ3) is 3.40. The van der Waals surface area contributed by atoms with Crippen LogP contribution in [0.15, 0.2) is 24.3 Å². The van der Waals surface area contributed by atoms with Gasteiger partial charge in [0.1, 0.15) is 0 Å². The molecule has 0 unspecified atom stereocenters. The highest BCUT2D eigenvalue weighted by atomic mass is 19.4. The summed E-state index contributed by atoms with van der Waals surface area (Å²) in [4.78, 5) is 0. The molecule has 0 saturated carbocycles. The fraction of sp³-hybridized carbons (Fsp3) is 0.455. The van der Waals surface area contributed by atoms with E-state index in [1.54, 1.807) is 12.1 Å². The van der Waals surface area contributed by atoms with E-state index in [4.69, 9.17) is 0 Å². The first-order valence-corrected chi connectivity index (χ1v) is 4.54. The summed E-state index contributed by atoms with van der Waals surface area (Å²) in [7, 11) is 0. The van der Waals surface area contributed by atoms with Crippen molar-refractivity contribution in [3.63, 3.8) is 0 Å². The van der Waals surface area contributed by atoms with Gasteiger partial charge in [-0.1, -0.05) is 38.1 Å². The van der Waals surface area contributed by atoms with Crippen LogP contribution in [0.25, 0.3) is 0 Å². The van der Waals surface area contributed by atoms with Gasteiger partial charge in [0.05, 0.1) is 6.42 Å². The van der Waals surface area contributed by atoms with E-state index in [1.165, 1.54) is 6.07 Å². The van der Waals surface area contributed by atoms with Crippen molar-refractivity contribution >= 4 is 0 Å². The zero-order valence-corrected chi connectivity index (χ0v) is 8.23. The summed E-state index contributed by atoms with van der Waals surface area (Å²) in [6.07, 6.45) is -4.96. The largest absolute Gasteiger partial charge is 0.393 e. The van der Waals surface area contributed by atoms with Crippen LogP contribution in [0.4, 0.5) is 13.2 Å². The molecular formula is C11H13F3. The van der Waals surface area contributed by atoms with E-state index in [-0.39, 0.29) is 5.92 Å². The van der Waals surface area contributed by atoms with Gasteiger partial charge in [0.2, 0.25) is 0 Å². The molecule has 14 heavy (non-hydrogen) atoms. The maximum atomic E-state index is 12.1. The lowest BCUT2D eigenvalue weighted by Gasteiger charge is -2.09. The number of hydrogen-bond donors (Lipinski definition) is 0. The van der Waals surface area contributed by atoms with Crippen LogP contribution in [0.2, 0.25) is 0 Å². The molecule has 0 atom stereocenters. The summed E-state index contributed by atoms with van der Waals surface area (Å²) in [5.41, 5.74) is 1.29. The third-order valence-corrected chi connectivity index (χ3v) is 2.02. The van der Waals surface area contributed by atoms with Gasteiger partial charge in [-0.15, -0.1) is 0 Å². The molecule has 0 aliphatic carbocycles. The second-order valence-corrected chi connectivity index (χ2v) is 3.69. The Morgan fingerprint density at radius 1 is 1.21 bits per heavy atom. The van der Waals surface area contributed by atoms with Crippen molar-refractivity contribution in [1.82, 2.24) is 0 Å². The van der Waals surface area contributed by atoms with Gasteiger partial charge in [-0.3, -0.25) is 0 Å². The van der Waals surface area contributed by atoms with Crippen molar-refractivity contribution in [3.8, 4) is 0 Å². The standard InChI is InChI=1S/C11H13F3/c1-8(2)10-5-3-4-9(6-10)7-11(12,13)14/h3-6,8H,7H2,1-2H3. The predicted molar refractivity (Wildman–Crippen MR) is 50.3 cm³/mol. The summed E-state index contributed by atoms with van der Waals surface area (Å²) < 4.78 is 36.2. The van der Waals surface area contributed by atoms with Gasteiger partial charge in [-0.05, 0) is 17.0 Å². The summed E-state index contributed by atoms with van der Waals surface area (Å²) in [6, 6.07) is 6.67. The Bertz CT molecular complexity index is 300. The molecule has 0 radical (unpaired) electrons. The summed E-state index contributed by atoms with van der Waals surface area (Å²) in [6.45, 7) is 3.93. The van der Waals surface area contributed by atoms with Gasteiger partial charge < -0.3 is 0 Å². The molecule has 0 aliphatic heterocycles. The van der Waals surface area contributed by atoms with Gasteiger partial charge >= 0.3 is 6.18 Å². The zero-order valence-electron chi connectivity index (χ0n) is 8.23. The average molecular weight is 202 g/mol. The SMILES string of the molecule is CC(C)c1cccc(CC(F)(F)F)c1. The van der Waals surface area contributed by atoms with Gasteiger partial charge in [0.25, 0.3) is 0 Å². The first-order chi connectivity index (χ1) is 6.38. The van der Waals surface area contributed by atoms with Gasteiger partial charge in [0.15, 0.2) is 0 Å². The molecule has 1 rings (SSSR count). The molecule has 0 spiro atoms. The second kappa shape index (κ2) is 4.03.